The average molecular weight is 290 g/mol. The first-order valence-electron chi connectivity index (χ1n) is 7.39. The van der Waals surface area contributed by atoms with Crippen LogP contribution in [0.3, 0.4) is 0 Å². The Morgan fingerprint density at radius 2 is 2.19 bits per heavy atom. The fourth-order valence-electron chi connectivity index (χ4n) is 2.79. The van der Waals surface area contributed by atoms with Gasteiger partial charge in [0.25, 0.3) is 0 Å². The highest BCUT2D eigenvalue weighted by molar-refractivity contribution is 5.30. The molecule has 0 saturated carbocycles. The zero-order chi connectivity index (χ0) is 15.2. The molecule has 1 fully saturated rings. The number of halogens is 1. The van der Waals surface area contributed by atoms with E-state index in [1.807, 2.05) is 6.07 Å². The third-order valence-electron chi connectivity index (χ3n) is 4.06. The van der Waals surface area contributed by atoms with Crippen molar-refractivity contribution in [2.45, 2.75) is 31.8 Å². The second-order valence-corrected chi connectivity index (χ2v) is 5.54. The largest absolute Gasteiger partial charge is 0.494 e. The molecule has 0 amide bonds. The van der Waals surface area contributed by atoms with Gasteiger partial charge in [-0.1, -0.05) is 12.0 Å². The maximum absolute atomic E-state index is 13.7. The number of methoxy groups -OCH3 is 1. The van der Waals surface area contributed by atoms with Gasteiger partial charge in [-0.25, -0.2) is 4.39 Å². The molecular formula is C17H23FN2O. The van der Waals surface area contributed by atoms with Crippen LogP contribution in [0.15, 0.2) is 18.2 Å². The molecule has 1 saturated heterocycles. The van der Waals surface area contributed by atoms with Gasteiger partial charge in [0.2, 0.25) is 0 Å². The van der Waals surface area contributed by atoms with Gasteiger partial charge in [0.05, 0.1) is 13.7 Å². The zero-order valence-electron chi connectivity index (χ0n) is 12.7. The number of ether oxygens (including phenoxy) is 1. The maximum Gasteiger partial charge on any atom is 0.165 e. The van der Waals surface area contributed by atoms with E-state index in [4.69, 9.17) is 11.2 Å². The van der Waals surface area contributed by atoms with E-state index in [1.165, 1.54) is 7.11 Å². The van der Waals surface area contributed by atoms with Gasteiger partial charge in [0.1, 0.15) is 0 Å². The molecule has 0 aromatic heterocycles. The Morgan fingerprint density at radius 3 is 2.76 bits per heavy atom. The Morgan fingerprint density at radius 1 is 1.48 bits per heavy atom. The molecule has 1 N–H and O–H groups in total. The quantitative estimate of drug-likeness (QED) is 0.844. The van der Waals surface area contributed by atoms with Gasteiger partial charge in [-0.15, -0.1) is 6.42 Å². The van der Waals surface area contributed by atoms with Gasteiger partial charge in [0.15, 0.2) is 11.6 Å². The third kappa shape index (κ3) is 4.20. The van der Waals surface area contributed by atoms with Crippen LogP contribution in [-0.2, 0) is 0 Å². The Balaban J connectivity index is 1.89. The van der Waals surface area contributed by atoms with Crippen molar-refractivity contribution in [3.63, 3.8) is 0 Å². The fraction of sp³-hybridized carbons (Fsp3) is 0.529. The molecule has 2 rings (SSSR count). The van der Waals surface area contributed by atoms with Crippen LogP contribution < -0.4 is 10.1 Å². The van der Waals surface area contributed by atoms with Gasteiger partial charge in [0, 0.05) is 25.2 Å². The summed E-state index contributed by atoms with van der Waals surface area (Å²) >= 11 is 0. The van der Waals surface area contributed by atoms with E-state index in [9.17, 15) is 4.39 Å². The van der Waals surface area contributed by atoms with Gasteiger partial charge in [-0.2, -0.15) is 0 Å². The monoisotopic (exact) mass is 290 g/mol. The number of likely N-dealkylation sites (tertiary alicyclic amines) is 1. The van der Waals surface area contributed by atoms with E-state index < -0.39 is 0 Å². The minimum atomic E-state index is -0.313. The molecule has 0 aliphatic carbocycles. The first-order chi connectivity index (χ1) is 10.1. The predicted molar refractivity (Wildman–Crippen MR) is 82.8 cm³/mol. The second-order valence-electron chi connectivity index (χ2n) is 5.54. The van der Waals surface area contributed by atoms with Crippen LogP contribution in [0.4, 0.5) is 4.39 Å². The topological polar surface area (TPSA) is 24.5 Å². The van der Waals surface area contributed by atoms with E-state index in [0.29, 0.717) is 6.04 Å². The van der Waals surface area contributed by atoms with Gasteiger partial charge >= 0.3 is 0 Å². The Hall–Kier alpha value is -1.57. The summed E-state index contributed by atoms with van der Waals surface area (Å²) in [6, 6.07) is 5.71. The lowest BCUT2D eigenvalue weighted by atomic mass is 10.0. The van der Waals surface area contributed by atoms with E-state index in [1.54, 1.807) is 12.1 Å². The summed E-state index contributed by atoms with van der Waals surface area (Å²) in [7, 11) is 1.48. The normalized spacial score (nSPS) is 18.2. The summed E-state index contributed by atoms with van der Waals surface area (Å²) in [5.41, 5.74) is 0.944. The lowest BCUT2D eigenvalue weighted by molar-refractivity contribution is 0.211. The third-order valence-corrected chi connectivity index (χ3v) is 4.06. The number of nitrogens with one attached hydrogen (secondary N) is 1. The summed E-state index contributed by atoms with van der Waals surface area (Å²) in [4.78, 5) is 2.29. The maximum atomic E-state index is 13.7. The molecule has 1 atom stereocenters. The van der Waals surface area contributed by atoms with Crippen molar-refractivity contribution in [2.24, 2.45) is 0 Å². The molecule has 21 heavy (non-hydrogen) atoms. The predicted octanol–water partition coefficient (Wildman–Crippen LogP) is 2.58. The van der Waals surface area contributed by atoms with Crippen molar-refractivity contribution in [3.05, 3.63) is 29.6 Å². The highest BCUT2D eigenvalue weighted by atomic mass is 19.1. The van der Waals surface area contributed by atoms with E-state index >= 15 is 0 Å². The number of nitrogens with zero attached hydrogens (tertiary/aromatic N) is 1. The molecule has 1 heterocycles. The van der Waals surface area contributed by atoms with Gasteiger partial charge in [-0.05, 0) is 37.5 Å². The molecule has 1 aromatic rings. The van der Waals surface area contributed by atoms with Crippen LogP contribution in [0.25, 0.3) is 0 Å². The number of hydrogen-bond donors (Lipinski definition) is 1. The molecule has 0 radical (unpaired) electrons. The summed E-state index contributed by atoms with van der Waals surface area (Å²) in [6.45, 7) is 4.83. The lowest BCUT2D eigenvalue weighted by Gasteiger charge is -2.33. The number of benzene rings is 1. The van der Waals surface area contributed by atoms with Crippen molar-refractivity contribution in [1.29, 1.82) is 0 Å². The molecule has 0 bridgehead atoms. The van der Waals surface area contributed by atoms with Crippen molar-refractivity contribution in [1.82, 2.24) is 10.2 Å². The SMILES string of the molecule is C#CCN1CCC(NC(C)c2ccc(OC)c(F)c2)CC1. The number of piperidine rings is 1. The van der Waals surface area contributed by atoms with Crippen LogP contribution in [-0.4, -0.2) is 37.7 Å². The van der Waals surface area contributed by atoms with Crippen molar-refractivity contribution in [2.75, 3.05) is 26.7 Å². The molecular weight excluding hydrogens is 267 g/mol. The van der Waals surface area contributed by atoms with Crippen LogP contribution in [0, 0.1) is 18.2 Å². The van der Waals surface area contributed by atoms with Crippen LogP contribution in [0.2, 0.25) is 0 Å². The summed E-state index contributed by atoms with van der Waals surface area (Å²) in [6.07, 6.45) is 7.48. The molecule has 1 aliphatic heterocycles. The van der Waals surface area contributed by atoms with Crippen molar-refractivity contribution in [3.8, 4) is 18.1 Å². The zero-order valence-corrected chi connectivity index (χ0v) is 12.7. The molecule has 1 unspecified atom stereocenters. The summed E-state index contributed by atoms with van der Waals surface area (Å²) < 4.78 is 18.7. The Bertz CT molecular complexity index is 504. The minimum Gasteiger partial charge on any atom is -0.494 e. The standard InChI is InChI=1S/C17H23FN2O/c1-4-9-20-10-7-15(8-11-20)19-13(2)14-5-6-17(21-3)16(18)12-14/h1,5-6,12-13,15,19H,7-11H2,2-3H3. The van der Waals surface area contributed by atoms with Crippen molar-refractivity contribution < 1.29 is 9.13 Å². The van der Waals surface area contributed by atoms with Crippen LogP contribution in [0.1, 0.15) is 31.4 Å². The van der Waals surface area contributed by atoms with Crippen LogP contribution in [0.5, 0.6) is 5.75 Å². The van der Waals surface area contributed by atoms with E-state index in [2.05, 4.69) is 23.1 Å². The summed E-state index contributed by atoms with van der Waals surface area (Å²) in [5.74, 6) is 2.66. The highest BCUT2D eigenvalue weighted by Crippen LogP contribution is 2.23. The number of hydrogen-bond acceptors (Lipinski definition) is 3. The molecule has 1 aromatic carbocycles. The Labute approximate surface area is 126 Å². The fourth-order valence-corrected chi connectivity index (χ4v) is 2.79. The highest BCUT2D eigenvalue weighted by Gasteiger charge is 2.20. The van der Waals surface area contributed by atoms with Crippen LogP contribution >= 0.6 is 0 Å². The van der Waals surface area contributed by atoms with Gasteiger partial charge in [-0.3, -0.25) is 4.90 Å². The molecule has 3 nitrogen and oxygen atoms in total. The first kappa shape index (κ1) is 15.8. The smallest absolute Gasteiger partial charge is 0.165 e. The first-order valence-corrected chi connectivity index (χ1v) is 7.39. The van der Waals surface area contributed by atoms with E-state index in [-0.39, 0.29) is 17.6 Å². The van der Waals surface area contributed by atoms with E-state index in [0.717, 1.165) is 38.0 Å². The molecule has 4 heteroatoms. The molecule has 0 spiro atoms. The second kappa shape index (κ2) is 7.44. The molecule has 114 valence electrons. The number of terminal acetylenes is 1. The molecule has 1 aliphatic rings. The summed E-state index contributed by atoms with van der Waals surface area (Å²) in [5, 5.41) is 3.58. The van der Waals surface area contributed by atoms with Gasteiger partial charge < -0.3 is 10.1 Å². The minimum absolute atomic E-state index is 0.120. The number of rotatable bonds is 5. The average Bonchev–Trinajstić information content (AvgIpc) is 2.49. The Kier molecular flexibility index (Phi) is 5.60. The lowest BCUT2D eigenvalue weighted by Crippen LogP contribution is -2.43. The van der Waals surface area contributed by atoms with Crippen molar-refractivity contribution >= 4 is 0 Å².